The summed E-state index contributed by atoms with van der Waals surface area (Å²) in [6.45, 7) is 1.54. The third-order valence-corrected chi connectivity index (χ3v) is 5.27. The molecule has 0 fully saturated rings. The second kappa shape index (κ2) is 9.29. The molecule has 1 aromatic heterocycles. The van der Waals surface area contributed by atoms with Crippen LogP contribution < -0.4 is 10.3 Å². The van der Waals surface area contributed by atoms with E-state index in [0.717, 1.165) is 9.15 Å². The number of ether oxygens (including phenoxy) is 1. The molecule has 3 aromatic carbocycles. The zero-order valence-corrected chi connectivity index (χ0v) is 18.8. The lowest BCUT2D eigenvalue weighted by atomic mass is 10.2. The van der Waals surface area contributed by atoms with Crippen LogP contribution in [0.3, 0.4) is 0 Å². The molecule has 0 radical (unpaired) electrons. The molecule has 4 rings (SSSR count). The molecule has 0 atom stereocenters. The third-order valence-electron chi connectivity index (χ3n) is 4.78. The molecule has 4 aromatic rings. The van der Waals surface area contributed by atoms with Crippen LogP contribution >= 0.6 is 15.9 Å². The summed E-state index contributed by atoms with van der Waals surface area (Å²) in [6, 6.07) is 15.3. The van der Waals surface area contributed by atoms with Gasteiger partial charge in [-0.2, -0.15) is 9.78 Å². The van der Waals surface area contributed by atoms with Crippen molar-refractivity contribution < 1.29 is 14.1 Å². The number of para-hydroxylation sites is 1. The van der Waals surface area contributed by atoms with Crippen LogP contribution in [0.25, 0.3) is 10.9 Å². The van der Waals surface area contributed by atoms with Gasteiger partial charge in [0.1, 0.15) is 18.2 Å². The highest BCUT2D eigenvalue weighted by atomic mass is 79.9. The molecule has 0 unspecified atom stereocenters. The SMILES string of the molecule is Cc1nc2ccc(Br)cc2c(=O)n1N=Cc1cccc([N+](=O)[O-])c1OCc1cccc(F)c1. The quantitative estimate of drug-likeness (QED) is 0.207. The van der Waals surface area contributed by atoms with E-state index in [1.54, 1.807) is 37.3 Å². The number of aromatic nitrogens is 2. The van der Waals surface area contributed by atoms with E-state index in [9.17, 15) is 19.3 Å². The number of hydrogen-bond acceptors (Lipinski definition) is 6. The van der Waals surface area contributed by atoms with Gasteiger partial charge in [0.15, 0.2) is 0 Å². The van der Waals surface area contributed by atoms with Crippen molar-refractivity contribution in [3.8, 4) is 5.75 Å². The van der Waals surface area contributed by atoms with E-state index < -0.39 is 10.7 Å². The molecule has 10 heteroatoms. The average Bonchev–Trinajstić information content (AvgIpc) is 2.78. The Kier molecular flexibility index (Phi) is 6.27. The fourth-order valence-electron chi connectivity index (χ4n) is 3.24. The number of halogens is 2. The van der Waals surface area contributed by atoms with E-state index >= 15 is 0 Å². The van der Waals surface area contributed by atoms with Crippen LogP contribution in [0.1, 0.15) is 17.0 Å². The number of hydrogen-bond donors (Lipinski definition) is 0. The van der Waals surface area contributed by atoms with Gasteiger partial charge in [-0.05, 0) is 48.9 Å². The molecular formula is C23H16BrFN4O4. The second-order valence-electron chi connectivity index (χ2n) is 7.05. The Hall–Kier alpha value is -3.92. The Bertz CT molecular complexity index is 1470. The van der Waals surface area contributed by atoms with Crippen molar-refractivity contribution in [1.29, 1.82) is 0 Å². The number of fused-ring (bicyclic) bond motifs is 1. The number of nitrogens with zero attached hydrogens (tertiary/aromatic N) is 4. The first-order valence-corrected chi connectivity index (χ1v) is 10.5. The zero-order valence-electron chi connectivity index (χ0n) is 17.2. The van der Waals surface area contributed by atoms with Crippen LogP contribution in [-0.4, -0.2) is 20.8 Å². The molecule has 0 aliphatic heterocycles. The molecule has 166 valence electrons. The van der Waals surface area contributed by atoms with Gasteiger partial charge in [0.25, 0.3) is 5.56 Å². The summed E-state index contributed by atoms with van der Waals surface area (Å²) < 4.78 is 21.0. The Morgan fingerprint density at radius 1 is 1.21 bits per heavy atom. The first-order chi connectivity index (χ1) is 15.8. The maximum atomic E-state index is 13.5. The largest absolute Gasteiger partial charge is 0.481 e. The van der Waals surface area contributed by atoms with Gasteiger partial charge in [-0.25, -0.2) is 9.37 Å². The van der Waals surface area contributed by atoms with Gasteiger partial charge in [-0.3, -0.25) is 14.9 Å². The summed E-state index contributed by atoms with van der Waals surface area (Å²) in [5, 5.41) is 16.1. The van der Waals surface area contributed by atoms with Gasteiger partial charge in [-0.1, -0.05) is 34.1 Å². The van der Waals surface area contributed by atoms with Gasteiger partial charge in [-0.15, -0.1) is 0 Å². The van der Waals surface area contributed by atoms with E-state index in [1.165, 1.54) is 36.5 Å². The lowest BCUT2D eigenvalue weighted by Gasteiger charge is -2.10. The van der Waals surface area contributed by atoms with E-state index in [-0.39, 0.29) is 29.2 Å². The standard InChI is InChI=1S/C23H16BrFN4O4/c1-14-27-20-9-8-17(24)11-19(20)23(30)28(14)26-12-16-5-3-7-21(29(31)32)22(16)33-13-15-4-2-6-18(25)10-15/h2-12H,13H2,1H3. The van der Waals surface area contributed by atoms with E-state index in [2.05, 4.69) is 26.0 Å². The van der Waals surface area contributed by atoms with E-state index in [1.807, 2.05) is 0 Å². The summed E-state index contributed by atoms with van der Waals surface area (Å²) in [5.41, 5.74) is 0.651. The maximum absolute atomic E-state index is 13.5. The molecule has 0 aliphatic carbocycles. The van der Waals surface area contributed by atoms with Gasteiger partial charge in [0.2, 0.25) is 5.75 Å². The Labute approximate surface area is 195 Å². The number of nitro groups is 1. The molecule has 1 heterocycles. The molecular weight excluding hydrogens is 495 g/mol. The molecule has 0 aliphatic rings. The molecule has 0 amide bonds. The Morgan fingerprint density at radius 3 is 2.76 bits per heavy atom. The zero-order chi connectivity index (χ0) is 23.5. The molecule has 33 heavy (non-hydrogen) atoms. The topological polar surface area (TPSA) is 99.6 Å². The third kappa shape index (κ3) is 4.80. The minimum Gasteiger partial charge on any atom is -0.481 e. The summed E-state index contributed by atoms with van der Waals surface area (Å²) in [6.07, 6.45) is 1.30. The summed E-state index contributed by atoms with van der Waals surface area (Å²) in [4.78, 5) is 28.3. The highest BCUT2D eigenvalue weighted by Gasteiger charge is 2.19. The van der Waals surface area contributed by atoms with Gasteiger partial charge in [0, 0.05) is 16.1 Å². The van der Waals surface area contributed by atoms with E-state index in [0.29, 0.717) is 22.3 Å². The van der Waals surface area contributed by atoms with Crippen LogP contribution in [0.5, 0.6) is 5.75 Å². The summed E-state index contributed by atoms with van der Waals surface area (Å²) in [5.74, 6) is -0.137. The van der Waals surface area contributed by atoms with Gasteiger partial charge >= 0.3 is 5.69 Å². The van der Waals surface area contributed by atoms with Crippen molar-refractivity contribution >= 4 is 38.7 Å². The normalized spacial score (nSPS) is 11.2. The molecule has 0 saturated heterocycles. The van der Waals surface area contributed by atoms with Crippen LogP contribution in [0.2, 0.25) is 0 Å². The Balaban J connectivity index is 1.74. The smallest absolute Gasteiger partial charge is 0.311 e. The molecule has 0 bridgehead atoms. The first-order valence-electron chi connectivity index (χ1n) is 9.71. The molecule has 0 saturated carbocycles. The van der Waals surface area contributed by atoms with Crippen molar-refractivity contribution in [2.75, 3.05) is 0 Å². The second-order valence-corrected chi connectivity index (χ2v) is 7.97. The minimum atomic E-state index is -0.579. The number of aryl methyl sites for hydroxylation is 1. The van der Waals surface area contributed by atoms with Crippen LogP contribution in [0.15, 0.2) is 75.0 Å². The minimum absolute atomic E-state index is 0.0438. The molecule has 0 N–H and O–H groups in total. The number of nitro benzene ring substituents is 1. The maximum Gasteiger partial charge on any atom is 0.311 e. The predicted molar refractivity (Wildman–Crippen MR) is 125 cm³/mol. The highest BCUT2D eigenvalue weighted by molar-refractivity contribution is 9.10. The van der Waals surface area contributed by atoms with E-state index in [4.69, 9.17) is 4.74 Å². The van der Waals surface area contributed by atoms with Crippen molar-refractivity contribution in [1.82, 2.24) is 9.66 Å². The summed E-state index contributed by atoms with van der Waals surface area (Å²) >= 11 is 3.34. The lowest BCUT2D eigenvalue weighted by molar-refractivity contribution is -0.385. The monoisotopic (exact) mass is 510 g/mol. The van der Waals surface area contributed by atoms with Crippen LogP contribution in [0, 0.1) is 22.9 Å². The summed E-state index contributed by atoms with van der Waals surface area (Å²) in [7, 11) is 0. The van der Waals surface area contributed by atoms with Crippen LogP contribution in [0.4, 0.5) is 10.1 Å². The molecule has 8 nitrogen and oxygen atoms in total. The van der Waals surface area contributed by atoms with Crippen molar-refractivity contribution in [2.24, 2.45) is 5.10 Å². The van der Waals surface area contributed by atoms with Gasteiger partial charge in [0.05, 0.1) is 22.0 Å². The average molecular weight is 511 g/mol. The number of rotatable bonds is 6. The van der Waals surface area contributed by atoms with Crippen LogP contribution in [-0.2, 0) is 6.61 Å². The predicted octanol–water partition coefficient (Wildman–Crippen LogP) is 4.98. The fourth-order valence-corrected chi connectivity index (χ4v) is 3.60. The first kappa shape index (κ1) is 22.3. The molecule has 0 spiro atoms. The number of benzene rings is 3. The van der Waals surface area contributed by atoms with Crippen molar-refractivity contribution in [3.63, 3.8) is 0 Å². The van der Waals surface area contributed by atoms with Crippen molar-refractivity contribution in [3.05, 3.63) is 108 Å². The fraction of sp³-hybridized carbons (Fsp3) is 0.0870. The van der Waals surface area contributed by atoms with Crippen molar-refractivity contribution in [2.45, 2.75) is 13.5 Å². The van der Waals surface area contributed by atoms with Gasteiger partial charge < -0.3 is 4.74 Å². The highest BCUT2D eigenvalue weighted by Crippen LogP contribution is 2.31. The lowest BCUT2D eigenvalue weighted by Crippen LogP contribution is -2.20. The Morgan fingerprint density at radius 2 is 2.00 bits per heavy atom.